The van der Waals surface area contributed by atoms with Gasteiger partial charge >= 0.3 is 10.1 Å². The summed E-state index contributed by atoms with van der Waals surface area (Å²) in [5.41, 5.74) is -0.786. The highest BCUT2D eigenvalue weighted by Gasteiger charge is 2.40. The minimum atomic E-state index is -4.52. The van der Waals surface area contributed by atoms with E-state index in [1.807, 2.05) is 72.8 Å². The van der Waals surface area contributed by atoms with Gasteiger partial charge in [-0.05, 0) is 83.9 Å². The molecular weight excluding hydrogens is 515 g/mol. The first-order chi connectivity index (χ1) is 18.5. The minimum absolute atomic E-state index is 0.0498. The number of hydrogen-bond donors (Lipinski definition) is 0. The Bertz CT molecular complexity index is 1170. The van der Waals surface area contributed by atoms with Gasteiger partial charge in [-0.3, -0.25) is 0 Å². The molecule has 1 atom stereocenters. The molecule has 0 aliphatic heterocycles. The van der Waals surface area contributed by atoms with E-state index in [1.54, 1.807) is 0 Å². The molecule has 6 heteroatoms. The molecule has 0 radical (unpaired) electrons. The summed E-state index contributed by atoms with van der Waals surface area (Å²) in [6.45, 7) is 2.12. The number of rotatable bonds is 13. The normalized spacial score (nSPS) is 16.3. The predicted molar refractivity (Wildman–Crippen MR) is 156 cm³/mol. The maximum Gasteiger partial charge on any atom is 0.310 e. The van der Waals surface area contributed by atoms with Crippen LogP contribution >= 0.6 is 10.3 Å². The first-order valence-corrected chi connectivity index (χ1v) is 17.1. The van der Waals surface area contributed by atoms with Crippen molar-refractivity contribution in [2.75, 3.05) is 0 Å². The van der Waals surface area contributed by atoms with Crippen molar-refractivity contribution in [2.24, 2.45) is 0 Å². The van der Waals surface area contributed by atoms with Crippen molar-refractivity contribution in [1.29, 1.82) is 0 Å². The first kappa shape index (κ1) is 28.8. The van der Waals surface area contributed by atoms with Gasteiger partial charge in [0.25, 0.3) is 0 Å². The highest BCUT2D eigenvalue weighted by molar-refractivity contribution is 8.33. The van der Waals surface area contributed by atoms with Crippen LogP contribution in [-0.4, -0.2) is 13.9 Å². The quantitative estimate of drug-likeness (QED) is 0.197. The lowest BCUT2D eigenvalue weighted by molar-refractivity contribution is 0.358. The molecule has 38 heavy (non-hydrogen) atoms. The van der Waals surface area contributed by atoms with Gasteiger partial charge in [-0.1, -0.05) is 100 Å². The van der Waals surface area contributed by atoms with E-state index in [4.69, 9.17) is 3.63 Å². The fourth-order valence-corrected chi connectivity index (χ4v) is 10.6. The highest BCUT2D eigenvalue weighted by atomic mass is 32.3. The molecule has 0 bridgehead atoms. The number of unbranched alkanes of at least 4 members (excludes halogenated alkanes) is 4. The average Bonchev–Trinajstić information content (AvgIpc) is 2.97. The van der Waals surface area contributed by atoms with Crippen molar-refractivity contribution in [3.63, 3.8) is 0 Å². The molecule has 3 aromatic carbocycles. The van der Waals surface area contributed by atoms with Crippen molar-refractivity contribution in [3.05, 3.63) is 90.5 Å². The van der Waals surface area contributed by atoms with Gasteiger partial charge in [0.15, 0.2) is 0 Å². The minimum Gasteiger partial charge on any atom is -0.227 e. The Morgan fingerprint density at radius 3 is 1.82 bits per heavy atom. The molecule has 0 amide bonds. The van der Waals surface area contributed by atoms with Crippen LogP contribution in [0.2, 0.25) is 0 Å². The summed E-state index contributed by atoms with van der Waals surface area (Å²) < 4.78 is 48.6. The zero-order chi connectivity index (χ0) is 26.8. The van der Waals surface area contributed by atoms with Crippen LogP contribution < -0.4 is 0 Å². The van der Waals surface area contributed by atoms with E-state index in [-0.39, 0.29) is 6.42 Å². The van der Waals surface area contributed by atoms with E-state index in [2.05, 4.69) is 19.1 Å². The molecule has 4 rings (SSSR count). The molecule has 1 fully saturated rings. The standard InChI is InChI=1S/C32H41FO3S2/c1-2-3-4-5-15-22-32(33)38(34,35)36-37(29-18-11-7-12-19-29,30-20-13-8-14-21-30)31-25-23-28(24-26-31)27-16-9-6-10-17-27/h7-8,11-14,18-21,23-27,32H,2-6,9-10,15-17,22H2,1H3. The lowest BCUT2D eigenvalue weighted by Gasteiger charge is -2.40. The Kier molecular flexibility index (Phi) is 10.5. The molecule has 0 N–H and O–H groups in total. The Balaban J connectivity index is 1.74. The molecule has 1 aliphatic rings. The fraction of sp³-hybridized carbons (Fsp3) is 0.438. The number of hydrogen-bond acceptors (Lipinski definition) is 3. The molecule has 0 saturated heterocycles. The van der Waals surface area contributed by atoms with Crippen molar-refractivity contribution >= 4 is 20.4 Å². The summed E-state index contributed by atoms with van der Waals surface area (Å²) in [4.78, 5) is 2.22. The van der Waals surface area contributed by atoms with Crippen LogP contribution in [0, 0.1) is 0 Å². The summed E-state index contributed by atoms with van der Waals surface area (Å²) in [5.74, 6) is 0.531. The second kappa shape index (κ2) is 13.8. The maximum atomic E-state index is 15.4. The van der Waals surface area contributed by atoms with Crippen molar-refractivity contribution in [2.45, 2.75) is 104 Å². The third-order valence-electron chi connectivity index (χ3n) is 7.48. The molecule has 0 aromatic heterocycles. The third kappa shape index (κ3) is 6.88. The van der Waals surface area contributed by atoms with Crippen LogP contribution in [0.15, 0.2) is 99.6 Å². The summed E-state index contributed by atoms with van der Waals surface area (Å²) in [5, 5.41) is 0. The third-order valence-corrected chi connectivity index (χ3v) is 12.7. The monoisotopic (exact) mass is 556 g/mol. The lowest BCUT2D eigenvalue weighted by atomic mass is 9.84. The summed E-state index contributed by atoms with van der Waals surface area (Å²) in [6.07, 6.45) is 10.6. The largest absolute Gasteiger partial charge is 0.310 e. The molecule has 0 spiro atoms. The SMILES string of the molecule is CCCCCCCC(F)S(=O)(=O)OS(c1ccccc1)(c1ccccc1)c1ccc(C2CCCCC2)cc1. The Hall–Kier alpha value is -2.15. The zero-order valence-corrected chi connectivity index (χ0v) is 24.1. The molecule has 206 valence electrons. The zero-order valence-electron chi connectivity index (χ0n) is 22.4. The molecule has 0 heterocycles. The van der Waals surface area contributed by atoms with E-state index in [1.165, 1.54) is 37.7 Å². The van der Waals surface area contributed by atoms with Crippen LogP contribution in [0.1, 0.15) is 89.0 Å². The van der Waals surface area contributed by atoms with E-state index >= 15 is 4.39 Å². The maximum absolute atomic E-state index is 15.4. The smallest absolute Gasteiger partial charge is 0.227 e. The summed E-state index contributed by atoms with van der Waals surface area (Å²) in [6, 6.07) is 27.2. The van der Waals surface area contributed by atoms with E-state index in [9.17, 15) is 8.42 Å². The fourth-order valence-electron chi connectivity index (χ4n) is 5.36. The van der Waals surface area contributed by atoms with Crippen molar-refractivity contribution in [3.8, 4) is 0 Å². The van der Waals surface area contributed by atoms with Gasteiger partial charge in [0, 0.05) is 14.7 Å². The summed E-state index contributed by atoms with van der Waals surface area (Å²) in [7, 11) is -7.27. The van der Waals surface area contributed by atoms with Crippen LogP contribution in [0.5, 0.6) is 0 Å². The molecule has 3 aromatic rings. The topological polar surface area (TPSA) is 43.4 Å². The van der Waals surface area contributed by atoms with Gasteiger partial charge in [-0.15, -0.1) is 0 Å². The Labute approximate surface area is 230 Å². The molecule has 1 aliphatic carbocycles. The Morgan fingerprint density at radius 1 is 0.737 bits per heavy atom. The van der Waals surface area contributed by atoms with Crippen molar-refractivity contribution in [1.82, 2.24) is 0 Å². The number of alkyl halides is 1. The van der Waals surface area contributed by atoms with Crippen LogP contribution in [0.25, 0.3) is 0 Å². The highest BCUT2D eigenvalue weighted by Crippen LogP contribution is 2.70. The van der Waals surface area contributed by atoms with Crippen LogP contribution in [0.3, 0.4) is 0 Å². The average molecular weight is 557 g/mol. The molecular formula is C32H41FO3S2. The second-order valence-electron chi connectivity index (χ2n) is 10.3. The van der Waals surface area contributed by atoms with Gasteiger partial charge in [0.1, 0.15) is 0 Å². The van der Waals surface area contributed by atoms with Gasteiger partial charge < -0.3 is 0 Å². The molecule has 1 saturated carbocycles. The van der Waals surface area contributed by atoms with Gasteiger partial charge in [-0.25, -0.2) is 8.02 Å². The van der Waals surface area contributed by atoms with Gasteiger partial charge in [0.05, 0.1) is 0 Å². The van der Waals surface area contributed by atoms with Crippen molar-refractivity contribution < 1.29 is 16.4 Å². The number of benzene rings is 3. The van der Waals surface area contributed by atoms with Crippen LogP contribution in [0.4, 0.5) is 4.39 Å². The lowest BCUT2D eigenvalue weighted by Crippen LogP contribution is -2.22. The second-order valence-corrected chi connectivity index (χ2v) is 14.8. The Morgan fingerprint density at radius 2 is 1.26 bits per heavy atom. The number of halogens is 1. The van der Waals surface area contributed by atoms with Crippen LogP contribution in [-0.2, 0) is 13.7 Å². The van der Waals surface area contributed by atoms with E-state index in [0.717, 1.165) is 40.4 Å². The first-order valence-electron chi connectivity index (χ1n) is 14.1. The molecule has 1 unspecified atom stereocenters. The van der Waals surface area contributed by atoms with Gasteiger partial charge in [-0.2, -0.15) is 8.42 Å². The van der Waals surface area contributed by atoms with E-state index < -0.39 is 25.9 Å². The summed E-state index contributed by atoms with van der Waals surface area (Å²) >= 11 is 0. The van der Waals surface area contributed by atoms with E-state index in [0.29, 0.717) is 12.3 Å². The molecule has 3 nitrogen and oxygen atoms in total. The predicted octanol–water partition coefficient (Wildman–Crippen LogP) is 9.93. The van der Waals surface area contributed by atoms with Gasteiger partial charge in [0.2, 0.25) is 5.50 Å².